The lowest BCUT2D eigenvalue weighted by Crippen LogP contribution is -2.34. The van der Waals surface area contributed by atoms with Gasteiger partial charge in [0.15, 0.2) is 0 Å². The fraction of sp³-hybridized carbons (Fsp3) is 0.385. The van der Waals surface area contributed by atoms with Gasteiger partial charge in [-0.1, -0.05) is 18.2 Å². The van der Waals surface area contributed by atoms with Crippen molar-refractivity contribution in [2.24, 2.45) is 0 Å². The highest BCUT2D eigenvalue weighted by Gasteiger charge is 2.30. The van der Waals surface area contributed by atoms with Crippen molar-refractivity contribution in [1.82, 2.24) is 0 Å². The van der Waals surface area contributed by atoms with E-state index in [1.54, 1.807) is 6.07 Å². The SMILES string of the molecule is O[C@@H]1CC=CC[C@H]1Nc1cccc(C(F)(F)F)c1. The van der Waals surface area contributed by atoms with Crippen LogP contribution in [0.2, 0.25) is 0 Å². The zero-order chi connectivity index (χ0) is 13.2. The topological polar surface area (TPSA) is 32.3 Å². The van der Waals surface area contributed by atoms with Gasteiger partial charge < -0.3 is 10.4 Å². The molecule has 2 atom stereocenters. The Balaban J connectivity index is 2.12. The molecule has 2 rings (SSSR count). The Bertz CT molecular complexity index is 442. The van der Waals surface area contributed by atoms with E-state index in [2.05, 4.69) is 5.32 Å². The molecule has 0 fully saturated rings. The number of nitrogens with one attached hydrogen (secondary N) is 1. The third-order valence-corrected chi connectivity index (χ3v) is 2.94. The van der Waals surface area contributed by atoms with Crippen LogP contribution in [0.3, 0.4) is 0 Å². The fourth-order valence-electron chi connectivity index (χ4n) is 1.95. The summed E-state index contributed by atoms with van der Waals surface area (Å²) in [6, 6.07) is 4.78. The van der Waals surface area contributed by atoms with Crippen molar-refractivity contribution in [2.75, 3.05) is 5.32 Å². The maximum Gasteiger partial charge on any atom is 0.416 e. The van der Waals surface area contributed by atoms with Crippen molar-refractivity contribution in [3.8, 4) is 0 Å². The van der Waals surface area contributed by atoms with E-state index >= 15 is 0 Å². The number of hydrogen-bond donors (Lipinski definition) is 2. The van der Waals surface area contributed by atoms with Gasteiger partial charge in [-0.3, -0.25) is 0 Å². The standard InChI is InChI=1S/C13H14F3NO/c14-13(15,16)9-4-3-5-10(8-9)17-11-6-1-2-7-12(11)18/h1-5,8,11-12,17-18H,6-7H2/t11-,12-/m1/s1. The zero-order valence-electron chi connectivity index (χ0n) is 9.61. The van der Waals surface area contributed by atoms with Crippen LogP contribution in [0.4, 0.5) is 18.9 Å². The molecule has 0 heterocycles. The summed E-state index contributed by atoms with van der Waals surface area (Å²) in [6.45, 7) is 0. The number of halogens is 3. The predicted molar refractivity (Wildman–Crippen MR) is 63.2 cm³/mol. The molecule has 1 aliphatic rings. The molecular weight excluding hydrogens is 243 g/mol. The number of aliphatic hydroxyl groups excluding tert-OH is 1. The summed E-state index contributed by atoms with van der Waals surface area (Å²) in [5, 5.41) is 12.7. The van der Waals surface area contributed by atoms with Crippen LogP contribution in [0.25, 0.3) is 0 Å². The van der Waals surface area contributed by atoms with Gasteiger partial charge in [0.05, 0.1) is 17.7 Å². The first-order chi connectivity index (χ1) is 8.47. The molecule has 18 heavy (non-hydrogen) atoms. The molecule has 0 saturated carbocycles. The Labute approximate surface area is 103 Å². The first-order valence-corrected chi connectivity index (χ1v) is 5.73. The fourth-order valence-corrected chi connectivity index (χ4v) is 1.95. The van der Waals surface area contributed by atoms with Crippen LogP contribution >= 0.6 is 0 Å². The Morgan fingerprint density at radius 1 is 1.17 bits per heavy atom. The highest BCUT2D eigenvalue weighted by molar-refractivity contribution is 5.47. The van der Waals surface area contributed by atoms with Gasteiger partial charge in [-0.2, -0.15) is 13.2 Å². The second-order valence-corrected chi connectivity index (χ2v) is 4.34. The molecule has 0 bridgehead atoms. The monoisotopic (exact) mass is 257 g/mol. The van der Waals surface area contributed by atoms with Crippen molar-refractivity contribution in [3.63, 3.8) is 0 Å². The number of benzene rings is 1. The van der Waals surface area contributed by atoms with Gasteiger partial charge in [-0.05, 0) is 31.0 Å². The van der Waals surface area contributed by atoms with E-state index in [-0.39, 0.29) is 6.04 Å². The quantitative estimate of drug-likeness (QED) is 0.797. The van der Waals surface area contributed by atoms with Gasteiger partial charge in [0, 0.05) is 5.69 Å². The lowest BCUT2D eigenvalue weighted by molar-refractivity contribution is -0.137. The summed E-state index contributed by atoms with van der Waals surface area (Å²) >= 11 is 0. The average Bonchev–Trinajstić information content (AvgIpc) is 2.31. The molecule has 2 nitrogen and oxygen atoms in total. The lowest BCUT2D eigenvalue weighted by Gasteiger charge is -2.26. The molecule has 0 saturated heterocycles. The molecule has 2 N–H and O–H groups in total. The maximum atomic E-state index is 12.5. The van der Waals surface area contributed by atoms with Gasteiger partial charge in [0.25, 0.3) is 0 Å². The first-order valence-electron chi connectivity index (χ1n) is 5.73. The number of alkyl halides is 3. The average molecular weight is 257 g/mol. The van der Waals surface area contributed by atoms with Gasteiger partial charge in [0.1, 0.15) is 0 Å². The number of anilines is 1. The zero-order valence-corrected chi connectivity index (χ0v) is 9.61. The van der Waals surface area contributed by atoms with Crippen LogP contribution in [0.5, 0.6) is 0 Å². The van der Waals surface area contributed by atoms with Crippen molar-refractivity contribution in [3.05, 3.63) is 42.0 Å². The summed E-state index contributed by atoms with van der Waals surface area (Å²) in [7, 11) is 0. The minimum absolute atomic E-state index is 0.238. The predicted octanol–water partition coefficient (Wildman–Crippen LogP) is 3.20. The van der Waals surface area contributed by atoms with Crippen LogP contribution in [-0.2, 0) is 6.18 Å². The van der Waals surface area contributed by atoms with Crippen molar-refractivity contribution in [2.45, 2.75) is 31.2 Å². The van der Waals surface area contributed by atoms with Crippen LogP contribution in [0.15, 0.2) is 36.4 Å². The first kappa shape index (κ1) is 13.0. The third-order valence-electron chi connectivity index (χ3n) is 2.94. The highest BCUT2D eigenvalue weighted by Crippen LogP contribution is 2.31. The normalized spacial score (nSPS) is 24.0. The second kappa shape index (κ2) is 5.02. The molecule has 5 heteroatoms. The molecule has 0 amide bonds. The summed E-state index contributed by atoms with van der Waals surface area (Å²) in [5.41, 5.74) is -0.308. The number of aliphatic hydroxyl groups is 1. The van der Waals surface area contributed by atoms with Crippen molar-refractivity contribution >= 4 is 5.69 Å². The molecule has 0 radical (unpaired) electrons. The molecule has 0 aliphatic heterocycles. The molecule has 1 aromatic carbocycles. The van der Waals surface area contributed by atoms with Crippen LogP contribution < -0.4 is 5.32 Å². The molecule has 0 unspecified atom stereocenters. The Morgan fingerprint density at radius 3 is 2.56 bits per heavy atom. The van der Waals surface area contributed by atoms with E-state index in [4.69, 9.17) is 0 Å². The van der Waals surface area contributed by atoms with Gasteiger partial charge >= 0.3 is 6.18 Å². The van der Waals surface area contributed by atoms with E-state index in [9.17, 15) is 18.3 Å². The number of hydrogen-bond acceptors (Lipinski definition) is 2. The molecule has 98 valence electrons. The van der Waals surface area contributed by atoms with E-state index in [1.165, 1.54) is 6.07 Å². The van der Waals surface area contributed by atoms with Gasteiger partial charge in [0.2, 0.25) is 0 Å². The molecule has 1 aromatic rings. The van der Waals surface area contributed by atoms with Crippen LogP contribution in [0, 0.1) is 0 Å². The van der Waals surface area contributed by atoms with E-state index < -0.39 is 17.8 Å². The maximum absolute atomic E-state index is 12.5. The van der Waals surface area contributed by atoms with Crippen LogP contribution in [-0.4, -0.2) is 17.3 Å². The van der Waals surface area contributed by atoms with Crippen molar-refractivity contribution < 1.29 is 18.3 Å². The molecule has 1 aliphatic carbocycles. The van der Waals surface area contributed by atoms with Gasteiger partial charge in [-0.25, -0.2) is 0 Å². The minimum atomic E-state index is -4.34. The third kappa shape index (κ3) is 3.04. The Morgan fingerprint density at radius 2 is 1.89 bits per heavy atom. The molecule has 0 aromatic heterocycles. The molecular formula is C13H14F3NO. The van der Waals surface area contributed by atoms with E-state index in [0.717, 1.165) is 12.1 Å². The highest BCUT2D eigenvalue weighted by atomic mass is 19.4. The Hall–Kier alpha value is -1.49. The minimum Gasteiger partial charge on any atom is -0.391 e. The summed E-state index contributed by atoms with van der Waals surface area (Å²) in [6.07, 6.45) is 0.00797. The summed E-state index contributed by atoms with van der Waals surface area (Å²) in [4.78, 5) is 0. The smallest absolute Gasteiger partial charge is 0.391 e. The summed E-state index contributed by atoms with van der Waals surface area (Å²) in [5.74, 6) is 0. The lowest BCUT2D eigenvalue weighted by atomic mass is 9.98. The van der Waals surface area contributed by atoms with Gasteiger partial charge in [-0.15, -0.1) is 0 Å². The van der Waals surface area contributed by atoms with Crippen molar-refractivity contribution in [1.29, 1.82) is 0 Å². The van der Waals surface area contributed by atoms with E-state index in [1.807, 2.05) is 12.2 Å². The molecule has 0 spiro atoms. The van der Waals surface area contributed by atoms with E-state index in [0.29, 0.717) is 18.5 Å². The van der Waals surface area contributed by atoms with Crippen LogP contribution in [0.1, 0.15) is 18.4 Å². The summed E-state index contributed by atoms with van der Waals surface area (Å²) < 4.78 is 37.6. The largest absolute Gasteiger partial charge is 0.416 e. The second-order valence-electron chi connectivity index (χ2n) is 4.34. The number of rotatable bonds is 2. The Kier molecular flexibility index (Phi) is 3.61.